The average molecular weight is 630 g/mol. The SMILES string of the molecule is CCCN1C(=O)C2CC=C3C(CC4C(=O)N(c5cccc(Cl)c5)C(=O)C4(c4ccccc4)C3c3ccc(O)cc3Cl)C2C1=O. The molecule has 2 aliphatic heterocycles. The van der Waals surface area contributed by atoms with Crippen LogP contribution in [0.2, 0.25) is 10.0 Å². The molecule has 3 aromatic carbocycles. The lowest BCUT2D eigenvalue weighted by Crippen LogP contribution is -2.53. The molecule has 7 nitrogen and oxygen atoms in total. The van der Waals surface area contributed by atoms with E-state index in [1.54, 1.807) is 30.3 Å². The van der Waals surface area contributed by atoms with Crippen molar-refractivity contribution in [2.24, 2.45) is 23.7 Å². The van der Waals surface area contributed by atoms with Crippen LogP contribution in [0.4, 0.5) is 5.69 Å². The van der Waals surface area contributed by atoms with Crippen molar-refractivity contribution >= 4 is 52.5 Å². The van der Waals surface area contributed by atoms with Crippen molar-refractivity contribution in [3.8, 4) is 5.75 Å². The number of benzene rings is 3. The summed E-state index contributed by atoms with van der Waals surface area (Å²) in [7, 11) is 0. The highest BCUT2D eigenvalue weighted by atomic mass is 35.5. The van der Waals surface area contributed by atoms with Crippen LogP contribution in [0.5, 0.6) is 5.75 Å². The zero-order valence-electron chi connectivity index (χ0n) is 24.0. The number of amides is 4. The van der Waals surface area contributed by atoms with Crippen LogP contribution in [0.15, 0.2) is 84.4 Å². The first-order valence-corrected chi connectivity index (χ1v) is 15.7. The predicted octanol–water partition coefficient (Wildman–Crippen LogP) is 6.27. The van der Waals surface area contributed by atoms with E-state index in [0.29, 0.717) is 41.2 Å². The normalized spacial score (nSPS) is 29.4. The Morgan fingerprint density at radius 3 is 2.36 bits per heavy atom. The van der Waals surface area contributed by atoms with Gasteiger partial charge in [0.05, 0.1) is 28.9 Å². The summed E-state index contributed by atoms with van der Waals surface area (Å²) >= 11 is 13.2. The van der Waals surface area contributed by atoms with Gasteiger partial charge >= 0.3 is 0 Å². The highest BCUT2D eigenvalue weighted by Gasteiger charge is 2.70. The number of halogens is 2. The number of phenolic OH excluding ortho intramolecular Hbond substituents is 1. The van der Waals surface area contributed by atoms with Crippen molar-refractivity contribution < 1.29 is 24.3 Å². The molecule has 2 aliphatic carbocycles. The molecule has 6 unspecified atom stereocenters. The molecular formula is C35H30Cl2N2O5. The largest absolute Gasteiger partial charge is 0.508 e. The van der Waals surface area contributed by atoms with Gasteiger partial charge in [-0.25, -0.2) is 4.90 Å². The van der Waals surface area contributed by atoms with Crippen LogP contribution in [0.1, 0.15) is 43.2 Å². The molecule has 2 saturated heterocycles. The van der Waals surface area contributed by atoms with Gasteiger partial charge in [0.2, 0.25) is 23.6 Å². The van der Waals surface area contributed by atoms with Crippen molar-refractivity contribution in [1.29, 1.82) is 0 Å². The Kier molecular flexibility index (Phi) is 6.94. The summed E-state index contributed by atoms with van der Waals surface area (Å²) in [5.41, 5.74) is 1.01. The molecular weight excluding hydrogens is 599 g/mol. The molecule has 0 spiro atoms. The number of carbonyl (C=O) groups is 4. The van der Waals surface area contributed by atoms with Crippen LogP contribution >= 0.6 is 23.2 Å². The molecule has 9 heteroatoms. The Bertz CT molecular complexity index is 1760. The quantitative estimate of drug-likeness (QED) is 0.265. The first-order chi connectivity index (χ1) is 21.2. The summed E-state index contributed by atoms with van der Waals surface area (Å²) in [6, 6.07) is 20.6. The minimum Gasteiger partial charge on any atom is -0.508 e. The van der Waals surface area contributed by atoms with E-state index in [9.17, 15) is 19.5 Å². The van der Waals surface area contributed by atoms with Crippen LogP contribution in [0.25, 0.3) is 0 Å². The van der Waals surface area contributed by atoms with E-state index >= 15 is 4.79 Å². The Morgan fingerprint density at radius 1 is 0.886 bits per heavy atom. The molecule has 4 amide bonds. The molecule has 3 fully saturated rings. The van der Waals surface area contributed by atoms with Crippen LogP contribution < -0.4 is 4.90 Å². The number of fused-ring (bicyclic) bond motifs is 4. The molecule has 7 rings (SSSR count). The molecule has 4 aliphatic rings. The summed E-state index contributed by atoms with van der Waals surface area (Å²) < 4.78 is 0. The third-order valence-electron chi connectivity index (χ3n) is 10.0. The third kappa shape index (κ3) is 3.95. The number of imide groups is 2. The van der Waals surface area contributed by atoms with Gasteiger partial charge in [0, 0.05) is 22.5 Å². The maximum atomic E-state index is 15.1. The minimum atomic E-state index is -1.41. The van der Waals surface area contributed by atoms with Crippen LogP contribution in [-0.4, -0.2) is 40.2 Å². The number of allylic oxidation sites excluding steroid dienone is 2. The van der Waals surface area contributed by atoms with Gasteiger partial charge in [-0.1, -0.05) is 84.2 Å². The molecule has 1 saturated carbocycles. The Hall–Kier alpha value is -3.94. The zero-order valence-corrected chi connectivity index (χ0v) is 25.5. The number of anilines is 1. The second kappa shape index (κ2) is 10.6. The number of hydrogen-bond acceptors (Lipinski definition) is 5. The van der Waals surface area contributed by atoms with Crippen molar-refractivity contribution in [3.63, 3.8) is 0 Å². The number of rotatable bonds is 5. The number of hydrogen-bond donors (Lipinski definition) is 1. The first-order valence-electron chi connectivity index (χ1n) is 14.9. The summed E-state index contributed by atoms with van der Waals surface area (Å²) in [5, 5.41) is 10.9. The van der Waals surface area contributed by atoms with Crippen molar-refractivity contribution in [2.45, 2.75) is 37.5 Å². The smallest absolute Gasteiger partial charge is 0.246 e. The van der Waals surface area contributed by atoms with Gasteiger partial charge in [-0.2, -0.15) is 0 Å². The topological polar surface area (TPSA) is 95.0 Å². The van der Waals surface area contributed by atoms with E-state index in [-0.39, 0.29) is 34.9 Å². The molecule has 3 aromatic rings. The molecule has 6 atom stereocenters. The van der Waals surface area contributed by atoms with Gasteiger partial charge in [0.25, 0.3) is 0 Å². The van der Waals surface area contributed by atoms with E-state index in [1.165, 1.54) is 21.9 Å². The third-order valence-corrected chi connectivity index (χ3v) is 10.6. The molecule has 0 bridgehead atoms. The molecule has 0 radical (unpaired) electrons. The Morgan fingerprint density at radius 2 is 1.66 bits per heavy atom. The molecule has 0 aromatic heterocycles. The van der Waals surface area contributed by atoms with E-state index in [0.717, 1.165) is 5.57 Å². The predicted molar refractivity (Wildman–Crippen MR) is 166 cm³/mol. The number of carbonyl (C=O) groups excluding carboxylic acids is 4. The van der Waals surface area contributed by atoms with E-state index < -0.39 is 40.9 Å². The summed E-state index contributed by atoms with van der Waals surface area (Å²) in [4.78, 5) is 59.7. The van der Waals surface area contributed by atoms with Gasteiger partial charge in [0.15, 0.2) is 0 Å². The fourth-order valence-corrected chi connectivity index (χ4v) is 8.82. The summed E-state index contributed by atoms with van der Waals surface area (Å²) in [5.74, 6) is -4.43. The van der Waals surface area contributed by atoms with E-state index in [4.69, 9.17) is 23.2 Å². The standard InChI is InChI=1S/C35H30Cl2N2O5/c1-2-15-38-31(41)25-14-13-23-26(29(25)33(38)43)18-27-32(42)39(21-10-6-9-20(36)16-21)34(44)35(27,19-7-4-3-5-8-19)30(23)24-12-11-22(40)17-28(24)37/h3-13,16-17,25-27,29-30,40H,2,14-15,18H2,1H3. The molecule has 224 valence electrons. The molecule has 1 N–H and O–H groups in total. The van der Waals surface area contributed by atoms with Gasteiger partial charge in [-0.05, 0) is 66.6 Å². The Balaban J connectivity index is 1.50. The highest BCUT2D eigenvalue weighted by Crippen LogP contribution is 2.65. The van der Waals surface area contributed by atoms with Crippen molar-refractivity contribution in [1.82, 2.24) is 4.90 Å². The number of nitrogens with zero attached hydrogens (tertiary/aromatic N) is 2. The lowest BCUT2D eigenvalue weighted by atomic mass is 9.49. The summed E-state index contributed by atoms with van der Waals surface area (Å²) in [6.07, 6.45) is 3.22. The van der Waals surface area contributed by atoms with Crippen molar-refractivity contribution in [2.75, 3.05) is 11.4 Å². The Labute approximate surface area is 265 Å². The average Bonchev–Trinajstić information content (AvgIpc) is 3.39. The van der Waals surface area contributed by atoms with Gasteiger partial charge < -0.3 is 5.11 Å². The van der Waals surface area contributed by atoms with Crippen LogP contribution in [-0.2, 0) is 24.6 Å². The first kappa shape index (κ1) is 28.8. The highest BCUT2D eigenvalue weighted by molar-refractivity contribution is 6.33. The number of aromatic hydroxyl groups is 1. The fraction of sp³-hybridized carbons (Fsp3) is 0.314. The monoisotopic (exact) mass is 628 g/mol. The number of phenols is 1. The fourth-order valence-electron chi connectivity index (χ4n) is 8.35. The second-order valence-corrected chi connectivity index (χ2v) is 13.0. The molecule has 44 heavy (non-hydrogen) atoms. The maximum Gasteiger partial charge on any atom is 0.246 e. The van der Waals surface area contributed by atoms with E-state index in [2.05, 4.69) is 0 Å². The van der Waals surface area contributed by atoms with Gasteiger partial charge in [-0.3, -0.25) is 24.1 Å². The lowest BCUT2D eigenvalue weighted by Gasteiger charge is -2.51. The lowest BCUT2D eigenvalue weighted by molar-refractivity contribution is -0.140. The zero-order chi connectivity index (χ0) is 30.9. The molecule has 2 heterocycles. The van der Waals surface area contributed by atoms with Crippen LogP contribution in [0, 0.1) is 23.7 Å². The van der Waals surface area contributed by atoms with Gasteiger partial charge in [0.1, 0.15) is 5.75 Å². The maximum absolute atomic E-state index is 15.1. The van der Waals surface area contributed by atoms with E-state index in [1.807, 2.05) is 43.3 Å². The number of likely N-dealkylation sites (tertiary alicyclic amines) is 1. The summed E-state index contributed by atoms with van der Waals surface area (Å²) in [6.45, 7) is 2.27. The van der Waals surface area contributed by atoms with Gasteiger partial charge in [-0.15, -0.1) is 0 Å². The van der Waals surface area contributed by atoms with Crippen LogP contribution in [0.3, 0.4) is 0 Å². The second-order valence-electron chi connectivity index (χ2n) is 12.1. The van der Waals surface area contributed by atoms with Crippen molar-refractivity contribution in [3.05, 3.63) is 106 Å². The minimum absolute atomic E-state index is 0.0322.